The second-order valence-electron chi connectivity index (χ2n) is 4.86. The van der Waals surface area contributed by atoms with Crippen LogP contribution < -0.4 is 10.0 Å². The van der Waals surface area contributed by atoms with E-state index >= 15 is 0 Å². The molecule has 1 aliphatic heterocycles. The van der Waals surface area contributed by atoms with E-state index in [1.807, 2.05) is 0 Å². The number of thiophene rings is 1. The third kappa shape index (κ3) is 2.55. The third-order valence-electron chi connectivity index (χ3n) is 3.38. The van der Waals surface area contributed by atoms with Crippen LogP contribution in [0.5, 0.6) is 0 Å². The topological polar surface area (TPSA) is 86.9 Å². The first kappa shape index (κ1) is 14.1. The zero-order valence-electron chi connectivity index (χ0n) is 11.4. The Kier molecular flexibility index (Phi) is 3.49. The van der Waals surface area contributed by atoms with Gasteiger partial charge in [0.2, 0.25) is 0 Å². The molecule has 0 saturated carbocycles. The summed E-state index contributed by atoms with van der Waals surface area (Å²) < 4.78 is 28.9. The number of fused-ring (bicyclic) bond motifs is 1. The first-order valence-corrected chi connectivity index (χ1v) is 8.71. The highest BCUT2D eigenvalue weighted by Crippen LogP contribution is 2.36. The Hall–Kier alpha value is -1.82. The van der Waals surface area contributed by atoms with Crippen molar-refractivity contribution < 1.29 is 8.42 Å². The largest absolute Gasteiger partial charge is 0.356 e. The number of hydrogen-bond donors (Lipinski definition) is 2. The predicted molar refractivity (Wildman–Crippen MR) is 80.7 cm³/mol. The fraction of sp³-hybridized carbons (Fsp3) is 0.308. The molecule has 0 amide bonds. The molecule has 3 heterocycles. The monoisotopic (exact) mass is 322 g/mol. The molecular formula is C13H14N4O2S2. The van der Waals surface area contributed by atoms with Gasteiger partial charge in [0, 0.05) is 30.9 Å². The molecule has 3 rings (SSSR count). The van der Waals surface area contributed by atoms with Gasteiger partial charge in [-0.15, -0.1) is 11.3 Å². The first-order valence-electron chi connectivity index (χ1n) is 6.41. The Bertz CT molecular complexity index is 827. The minimum atomic E-state index is -3.66. The van der Waals surface area contributed by atoms with E-state index in [0.29, 0.717) is 17.1 Å². The van der Waals surface area contributed by atoms with Gasteiger partial charge < -0.3 is 9.88 Å². The van der Waals surface area contributed by atoms with Crippen LogP contribution in [0.25, 0.3) is 0 Å². The highest BCUT2D eigenvalue weighted by atomic mass is 32.2. The van der Waals surface area contributed by atoms with E-state index in [9.17, 15) is 13.7 Å². The van der Waals surface area contributed by atoms with Crippen molar-refractivity contribution in [3.05, 3.63) is 34.5 Å². The van der Waals surface area contributed by atoms with Crippen LogP contribution in [-0.4, -0.2) is 19.5 Å². The zero-order chi connectivity index (χ0) is 15.0. The molecule has 0 unspecified atom stereocenters. The Morgan fingerprint density at radius 3 is 3.00 bits per heavy atom. The van der Waals surface area contributed by atoms with Crippen LogP contribution in [0.3, 0.4) is 0 Å². The second kappa shape index (κ2) is 5.18. The summed E-state index contributed by atoms with van der Waals surface area (Å²) in [6.45, 7) is 1.49. The van der Waals surface area contributed by atoms with Gasteiger partial charge in [-0.25, -0.2) is 8.42 Å². The molecule has 8 heteroatoms. The van der Waals surface area contributed by atoms with Crippen molar-refractivity contribution in [1.29, 1.82) is 5.26 Å². The Morgan fingerprint density at radius 1 is 1.52 bits per heavy atom. The van der Waals surface area contributed by atoms with Crippen LogP contribution in [0, 0.1) is 11.3 Å². The van der Waals surface area contributed by atoms with Gasteiger partial charge in [0.05, 0.1) is 5.56 Å². The van der Waals surface area contributed by atoms with E-state index < -0.39 is 10.0 Å². The van der Waals surface area contributed by atoms with Gasteiger partial charge >= 0.3 is 0 Å². The van der Waals surface area contributed by atoms with Crippen LogP contribution in [0.4, 0.5) is 5.00 Å². The predicted octanol–water partition coefficient (Wildman–Crippen LogP) is 1.40. The molecule has 0 spiro atoms. The van der Waals surface area contributed by atoms with E-state index in [1.165, 1.54) is 23.6 Å². The van der Waals surface area contributed by atoms with Crippen LogP contribution >= 0.6 is 11.3 Å². The van der Waals surface area contributed by atoms with Crippen molar-refractivity contribution in [1.82, 2.24) is 9.88 Å². The maximum absolute atomic E-state index is 12.4. The van der Waals surface area contributed by atoms with Gasteiger partial charge in [-0.1, -0.05) is 0 Å². The summed E-state index contributed by atoms with van der Waals surface area (Å²) in [6, 6.07) is 3.66. The smallest absolute Gasteiger partial charge is 0.264 e. The molecule has 0 bridgehead atoms. The normalized spacial score (nSPS) is 14.5. The molecular weight excluding hydrogens is 308 g/mol. The van der Waals surface area contributed by atoms with Gasteiger partial charge in [0.15, 0.2) is 0 Å². The highest BCUT2D eigenvalue weighted by molar-refractivity contribution is 7.93. The number of nitriles is 1. The molecule has 2 aromatic heterocycles. The minimum absolute atomic E-state index is 0.193. The summed E-state index contributed by atoms with van der Waals surface area (Å²) in [6.07, 6.45) is 3.95. The van der Waals surface area contributed by atoms with E-state index in [1.54, 1.807) is 17.8 Å². The lowest BCUT2D eigenvalue weighted by molar-refractivity contribution is 0.601. The van der Waals surface area contributed by atoms with Gasteiger partial charge in [-0.05, 0) is 24.6 Å². The number of rotatable bonds is 3. The molecule has 2 aromatic rings. The summed E-state index contributed by atoms with van der Waals surface area (Å²) in [4.78, 5) is 1.22. The molecule has 0 aromatic carbocycles. The molecule has 2 N–H and O–H groups in total. The van der Waals surface area contributed by atoms with E-state index in [0.717, 1.165) is 23.4 Å². The fourth-order valence-electron chi connectivity index (χ4n) is 2.34. The lowest BCUT2D eigenvalue weighted by Crippen LogP contribution is -2.22. The highest BCUT2D eigenvalue weighted by Gasteiger charge is 2.24. The number of aromatic nitrogens is 1. The molecule has 0 fully saturated rings. The van der Waals surface area contributed by atoms with Crippen molar-refractivity contribution in [2.75, 3.05) is 11.3 Å². The van der Waals surface area contributed by atoms with Crippen molar-refractivity contribution in [2.24, 2.45) is 7.05 Å². The Labute approximate surface area is 127 Å². The van der Waals surface area contributed by atoms with Gasteiger partial charge in [0.1, 0.15) is 16.0 Å². The SMILES string of the molecule is Cn1ccc(S(=O)(=O)Nc2sc3c(c2C#N)CCNC3)c1. The molecule has 6 nitrogen and oxygen atoms in total. The summed E-state index contributed by atoms with van der Waals surface area (Å²) in [5.41, 5.74) is 1.42. The molecule has 1 aliphatic rings. The van der Waals surface area contributed by atoms with Crippen LogP contribution in [-0.2, 0) is 30.0 Å². The average molecular weight is 322 g/mol. The summed E-state index contributed by atoms with van der Waals surface area (Å²) in [5, 5.41) is 13.0. The quantitative estimate of drug-likeness (QED) is 0.894. The van der Waals surface area contributed by atoms with Gasteiger partial charge in [-0.2, -0.15) is 5.26 Å². The summed E-state index contributed by atoms with van der Waals surface area (Å²) in [7, 11) is -1.90. The zero-order valence-corrected chi connectivity index (χ0v) is 13.0. The molecule has 21 heavy (non-hydrogen) atoms. The number of sulfonamides is 1. The number of hydrogen-bond acceptors (Lipinski definition) is 5. The molecule has 0 atom stereocenters. The number of nitrogens with one attached hydrogen (secondary N) is 2. The lowest BCUT2D eigenvalue weighted by Gasteiger charge is -2.11. The van der Waals surface area contributed by atoms with Crippen molar-refractivity contribution in [3.63, 3.8) is 0 Å². The van der Waals surface area contributed by atoms with Crippen molar-refractivity contribution in [3.8, 4) is 6.07 Å². The van der Waals surface area contributed by atoms with Crippen molar-refractivity contribution >= 4 is 26.4 Å². The number of anilines is 1. The maximum atomic E-state index is 12.4. The lowest BCUT2D eigenvalue weighted by atomic mass is 10.1. The Morgan fingerprint density at radius 2 is 2.33 bits per heavy atom. The van der Waals surface area contributed by atoms with E-state index in [-0.39, 0.29) is 4.90 Å². The molecule has 110 valence electrons. The first-order chi connectivity index (χ1) is 10.0. The summed E-state index contributed by atoms with van der Waals surface area (Å²) >= 11 is 1.33. The third-order valence-corrected chi connectivity index (χ3v) is 5.99. The summed E-state index contributed by atoms with van der Waals surface area (Å²) in [5.74, 6) is 0. The average Bonchev–Trinajstić information content (AvgIpc) is 3.01. The molecule has 0 aliphatic carbocycles. The molecule has 0 radical (unpaired) electrons. The Balaban J connectivity index is 1.99. The van der Waals surface area contributed by atoms with Gasteiger partial charge in [0.25, 0.3) is 10.0 Å². The van der Waals surface area contributed by atoms with E-state index in [4.69, 9.17) is 0 Å². The van der Waals surface area contributed by atoms with Crippen LogP contribution in [0.1, 0.15) is 16.0 Å². The van der Waals surface area contributed by atoms with Gasteiger partial charge in [-0.3, -0.25) is 4.72 Å². The number of aryl methyl sites for hydroxylation is 1. The van der Waals surface area contributed by atoms with Crippen LogP contribution in [0.2, 0.25) is 0 Å². The van der Waals surface area contributed by atoms with E-state index in [2.05, 4.69) is 16.1 Å². The maximum Gasteiger partial charge on any atom is 0.264 e. The molecule has 0 saturated heterocycles. The standard InChI is InChI=1S/C13H14N4O2S2/c1-17-5-3-9(8-17)21(18,19)16-13-11(6-14)10-2-4-15-7-12(10)20-13/h3,5,8,15-16H,2,4,7H2,1H3. The van der Waals surface area contributed by atoms with Crippen LogP contribution in [0.15, 0.2) is 23.4 Å². The second-order valence-corrected chi connectivity index (χ2v) is 7.65. The minimum Gasteiger partial charge on any atom is -0.356 e. The fourth-order valence-corrected chi connectivity index (χ4v) is 4.87. The van der Waals surface area contributed by atoms with Crippen molar-refractivity contribution in [2.45, 2.75) is 17.9 Å². The number of nitrogens with zero attached hydrogens (tertiary/aromatic N) is 2.